The summed E-state index contributed by atoms with van der Waals surface area (Å²) in [5.41, 5.74) is 6.41. The zero-order valence-corrected chi connectivity index (χ0v) is 9.05. The van der Waals surface area contributed by atoms with Gasteiger partial charge < -0.3 is 10.8 Å². The third kappa shape index (κ3) is 3.34. The molecule has 0 aliphatic carbocycles. The molecule has 0 amide bonds. The van der Waals surface area contributed by atoms with Gasteiger partial charge in [-0.1, -0.05) is 37.3 Å². The molecule has 1 unspecified atom stereocenters. The summed E-state index contributed by atoms with van der Waals surface area (Å²) in [6, 6.07) is 7.35. The minimum absolute atomic E-state index is 0.349. The lowest BCUT2D eigenvalue weighted by atomic mass is 9.97. The van der Waals surface area contributed by atoms with Crippen LogP contribution in [0.3, 0.4) is 0 Å². The van der Waals surface area contributed by atoms with Crippen molar-refractivity contribution < 1.29 is 5.11 Å². The zero-order valence-electron chi connectivity index (χ0n) is 8.23. The monoisotopic (exact) mass is 209 g/mol. The van der Waals surface area contributed by atoms with Gasteiger partial charge in [-0.3, -0.25) is 0 Å². The Labute approximate surface area is 89.7 Å². The fourth-order valence-electron chi connectivity index (χ4n) is 1.47. The van der Waals surface area contributed by atoms with Crippen LogP contribution in [0.1, 0.15) is 18.9 Å². The lowest BCUT2D eigenvalue weighted by molar-refractivity contribution is 0.460. The first-order valence-electron chi connectivity index (χ1n) is 4.64. The molecule has 0 aliphatic heterocycles. The number of thiocarbonyl (C=S) groups is 1. The van der Waals surface area contributed by atoms with Crippen LogP contribution in [0.25, 0.3) is 0 Å². The third-order valence-corrected chi connectivity index (χ3v) is 2.28. The molecule has 0 heterocycles. The molecule has 0 bridgehead atoms. The van der Waals surface area contributed by atoms with Gasteiger partial charge in [0.2, 0.25) is 0 Å². The highest BCUT2D eigenvalue weighted by molar-refractivity contribution is 7.80. The second-order valence-electron chi connectivity index (χ2n) is 3.61. The summed E-state index contributed by atoms with van der Waals surface area (Å²) < 4.78 is 0. The Hall–Kier alpha value is -1.09. The van der Waals surface area contributed by atoms with Gasteiger partial charge in [-0.05, 0) is 24.0 Å². The highest BCUT2D eigenvalue weighted by Crippen LogP contribution is 2.20. The van der Waals surface area contributed by atoms with Crippen molar-refractivity contribution in [3.63, 3.8) is 0 Å². The molecule has 3 heteroatoms. The van der Waals surface area contributed by atoms with Crippen molar-refractivity contribution in [2.75, 3.05) is 0 Å². The van der Waals surface area contributed by atoms with Crippen molar-refractivity contribution in [2.24, 2.45) is 11.7 Å². The van der Waals surface area contributed by atoms with Crippen molar-refractivity contribution in [3.8, 4) is 5.75 Å². The topological polar surface area (TPSA) is 46.2 Å². The molecule has 1 aromatic rings. The van der Waals surface area contributed by atoms with Crippen LogP contribution in [-0.2, 0) is 6.42 Å². The first-order chi connectivity index (χ1) is 6.59. The minimum Gasteiger partial charge on any atom is -0.508 e. The summed E-state index contributed by atoms with van der Waals surface area (Å²) in [6.45, 7) is 2.08. The standard InChI is InChI=1S/C11H15NOS/c1-8(7-11(12)14)6-9-4-2-3-5-10(9)13/h2-5,8,13H,6-7H2,1H3,(H2,12,14). The van der Waals surface area contributed by atoms with Crippen molar-refractivity contribution in [1.29, 1.82) is 0 Å². The molecule has 0 spiro atoms. The Morgan fingerprint density at radius 1 is 1.50 bits per heavy atom. The van der Waals surface area contributed by atoms with E-state index in [1.165, 1.54) is 0 Å². The molecular weight excluding hydrogens is 194 g/mol. The molecule has 1 rings (SSSR count). The van der Waals surface area contributed by atoms with E-state index >= 15 is 0 Å². The largest absolute Gasteiger partial charge is 0.508 e. The molecule has 3 N–H and O–H groups in total. The number of phenolic OH excluding ortho intramolecular Hbond substituents is 1. The Kier molecular flexibility index (Phi) is 3.89. The number of nitrogens with two attached hydrogens (primary N) is 1. The van der Waals surface area contributed by atoms with E-state index in [0.717, 1.165) is 18.4 Å². The quantitative estimate of drug-likeness (QED) is 0.748. The number of hydrogen-bond acceptors (Lipinski definition) is 2. The van der Waals surface area contributed by atoms with Crippen molar-refractivity contribution in [1.82, 2.24) is 0 Å². The van der Waals surface area contributed by atoms with E-state index < -0.39 is 0 Å². The Bertz CT molecular complexity index is 325. The molecule has 0 aliphatic rings. The third-order valence-electron chi connectivity index (χ3n) is 2.11. The van der Waals surface area contributed by atoms with Gasteiger partial charge in [-0.15, -0.1) is 0 Å². The van der Waals surface area contributed by atoms with Crippen LogP contribution in [0.15, 0.2) is 24.3 Å². The van der Waals surface area contributed by atoms with Crippen molar-refractivity contribution >= 4 is 17.2 Å². The highest BCUT2D eigenvalue weighted by atomic mass is 32.1. The van der Waals surface area contributed by atoms with E-state index in [-0.39, 0.29) is 0 Å². The average Bonchev–Trinajstić information content (AvgIpc) is 2.07. The maximum atomic E-state index is 9.53. The number of hydrogen-bond donors (Lipinski definition) is 2. The second kappa shape index (κ2) is 4.96. The average molecular weight is 209 g/mol. The normalized spacial score (nSPS) is 12.4. The molecular formula is C11H15NOS. The maximum absolute atomic E-state index is 9.53. The van der Waals surface area contributed by atoms with Crippen LogP contribution in [-0.4, -0.2) is 10.1 Å². The van der Waals surface area contributed by atoms with Crippen LogP contribution >= 0.6 is 12.2 Å². The first kappa shape index (κ1) is 11.0. The molecule has 0 saturated heterocycles. The van der Waals surface area contributed by atoms with Crippen molar-refractivity contribution in [3.05, 3.63) is 29.8 Å². The van der Waals surface area contributed by atoms with Gasteiger partial charge in [-0.2, -0.15) is 0 Å². The molecule has 0 aromatic heterocycles. The predicted octanol–water partition coefficient (Wildman–Crippen LogP) is 2.25. The summed E-state index contributed by atoms with van der Waals surface area (Å²) in [7, 11) is 0. The summed E-state index contributed by atoms with van der Waals surface area (Å²) in [6.07, 6.45) is 1.54. The minimum atomic E-state index is 0.349. The fraction of sp³-hybridized carbons (Fsp3) is 0.364. The Morgan fingerprint density at radius 2 is 2.14 bits per heavy atom. The molecule has 2 nitrogen and oxygen atoms in total. The number of benzene rings is 1. The van der Waals surface area contributed by atoms with Gasteiger partial charge in [0, 0.05) is 6.42 Å². The molecule has 0 saturated carbocycles. The van der Waals surface area contributed by atoms with E-state index in [0.29, 0.717) is 16.7 Å². The van der Waals surface area contributed by atoms with Crippen molar-refractivity contribution in [2.45, 2.75) is 19.8 Å². The molecule has 0 radical (unpaired) electrons. The van der Waals surface area contributed by atoms with Gasteiger partial charge in [0.15, 0.2) is 0 Å². The smallest absolute Gasteiger partial charge is 0.118 e. The summed E-state index contributed by atoms with van der Waals surface area (Å²) >= 11 is 4.84. The van der Waals surface area contributed by atoms with Gasteiger partial charge in [-0.25, -0.2) is 0 Å². The Balaban J connectivity index is 2.60. The molecule has 1 atom stereocenters. The number of rotatable bonds is 4. The number of phenols is 1. The maximum Gasteiger partial charge on any atom is 0.118 e. The van der Waals surface area contributed by atoms with Crippen LogP contribution in [0, 0.1) is 5.92 Å². The lowest BCUT2D eigenvalue weighted by Crippen LogP contribution is -2.13. The molecule has 0 fully saturated rings. The van der Waals surface area contributed by atoms with Gasteiger partial charge in [0.05, 0.1) is 4.99 Å². The van der Waals surface area contributed by atoms with Gasteiger partial charge >= 0.3 is 0 Å². The summed E-state index contributed by atoms with van der Waals surface area (Å²) in [5.74, 6) is 0.725. The van der Waals surface area contributed by atoms with E-state index in [1.54, 1.807) is 6.07 Å². The molecule has 76 valence electrons. The lowest BCUT2D eigenvalue weighted by Gasteiger charge is -2.11. The SMILES string of the molecule is CC(CC(N)=S)Cc1ccccc1O. The number of para-hydroxylation sites is 1. The van der Waals surface area contributed by atoms with E-state index in [1.807, 2.05) is 18.2 Å². The van der Waals surface area contributed by atoms with Crippen LogP contribution in [0.5, 0.6) is 5.75 Å². The predicted molar refractivity (Wildman–Crippen MR) is 62.4 cm³/mol. The van der Waals surface area contributed by atoms with Crippen LogP contribution in [0.2, 0.25) is 0 Å². The number of aromatic hydroxyl groups is 1. The zero-order chi connectivity index (χ0) is 10.6. The van der Waals surface area contributed by atoms with E-state index in [2.05, 4.69) is 6.92 Å². The second-order valence-corrected chi connectivity index (χ2v) is 4.13. The first-order valence-corrected chi connectivity index (χ1v) is 5.05. The molecule has 14 heavy (non-hydrogen) atoms. The molecule has 1 aromatic carbocycles. The van der Waals surface area contributed by atoms with E-state index in [4.69, 9.17) is 18.0 Å². The highest BCUT2D eigenvalue weighted by Gasteiger charge is 2.07. The van der Waals surface area contributed by atoms with Crippen LogP contribution < -0.4 is 5.73 Å². The van der Waals surface area contributed by atoms with Gasteiger partial charge in [0.1, 0.15) is 5.75 Å². The summed E-state index contributed by atoms with van der Waals surface area (Å²) in [4.78, 5) is 0.535. The van der Waals surface area contributed by atoms with Crippen LogP contribution in [0.4, 0.5) is 0 Å². The fourth-order valence-corrected chi connectivity index (χ4v) is 1.76. The van der Waals surface area contributed by atoms with E-state index in [9.17, 15) is 5.11 Å². The summed E-state index contributed by atoms with van der Waals surface area (Å²) in [5, 5.41) is 9.53. The van der Waals surface area contributed by atoms with Gasteiger partial charge in [0.25, 0.3) is 0 Å². The Morgan fingerprint density at radius 3 is 2.71 bits per heavy atom.